The highest BCUT2D eigenvalue weighted by Gasteiger charge is 2.25. The quantitative estimate of drug-likeness (QED) is 0.679. The summed E-state index contributed by atoms with van der Waals surface area (Å²) in [5, 5.41) is 2.81. The maximum Gasteiger partial charge on any atom is 0.244 e. The van der Waals surface area contributed by atoms with Gasteiger partial charge >= 0.3 is 0 Å². The van der Waals surface area contributed by atoms with Gasteiger partial charge < -0.3 is 10.1 Å². The Bertz CT molecular complexity index is 772. The monoisotopic (exact) mass is 380 g/mol. The number of ether oxygens (including phenoxy) is 1. The Morgan fingerprint density at radius 1 is 1.31 bits per heavy atom. The first-order valence-corrected chi connectivity index (χ1v) is 10.4. The van der Waals surface area contributed by atoms with Crippen LogP contribution in [0.1, 0.15) is 44.6 Å². The average Bonchev–Trinajstić information content (AvgIpc) is 2.62. The highest BCUT2D eigenvalue weighted by molar-refractivity contribution is 7.89. The van der Waals surface area contributed by atoms with Gasteiger partial charge in [-0.05, 0) is 63.6 Å². The van der Waals surface area contributed by atoms with E-state index in [2.05, 4.69) is 16.1 Å². The first kappa shape index (κ1) is 20.5. The Balaban J connectivity index is 1.94. The van der Waals surface area contributed by atoms with Crippen molar-refractivity contribution in [1.82, 2.24) is 10.0 Å². The van der Waals surface area contributed by atoms with Gasteiger partial charge in [0.1, 0.15) is 10.6 Å². The molecule has 1 aromatic rings. The van der Waals surface area contributed by atoms with Crippen molar-refractivity contribution in [2.75, 3.05) is 13.7 Å². The van der Waals surface area contributed by atoms with Gasteiger partial charge in [-0.2, -0.15) is 4.72 Å². The van der Waals surface area contributed by atoms with E-state index in [1.807, 2.05) is 0 Å². The van der Waals surface area contributed by atoms with Gasteiger partial charge in [0.25, 0.3) is 0 Å². The van der Waals surface area contributed by atoms with Crippen LogP contribution in [0.25, 0.3) is 0 Å². The molecule has 0 spiro atoms. The van der Waals surface area contributed by atoms with Crippen molar-refractivity contribution in [1.29, 1.82) is 0 Å². The third kappa shape index (κ3) is 5.57. The minimum absolute atomic E-state index is 0.0343. The molecule has 1 aliphatic carbocycles. The van der Waals surface area contributed by atoms with Crippen molar-refractivity contribution in [3.05, 3.63) is 35.4 Å². The van der Waals surface area contributed by atoms with E-state index in [0.29, 0.717) is 6.54 Å². The Morgan fingerprint density at radius 3 is 2.73 bits per heavy atom. The average molecular weight is 381 g/mol. The van der Waals surface area contributed by atoms with Gasteiger partial charge in [-0.1, -0.05) is 17.7 Å². The maximum atomic E-state index is 12.6. The summed E-state index contributed by atoms with van der Waals surface area (Å²) in [5.74, 6) is -0.0865. The molecule has 0 fully saturated rings. The lowest BCUT2D eigenvalue weighted by molar-refractivity contribution is -0.122. The summed E-state index contributed by atoms with van der Waals surface area (Å²) in [6, 6.07) is 4.03. The van der Waals surface area contributed by atoms with E-state index < -0.39 is 16.1 Å². The largest absolute Gasteiger partial charge is 0.495 e. The number of sulfonamides is 1. The smallest absolute Gasteiger partial charge is 0.244 e. The molecule has 7 heteroatoms. The molecule has 0 aliphatic heterocycles. The lowest BCUT2D eigenvalue weighted by Gasteiger charge is -2.17. The zero-order chi connectivity index (χ0) is 19.2. The molecule has 1 aromatic carbocycles. The number of hydrogen-bond donors (Lipinski definition) is 2. The van der Waals surface area contributed by atoms with E-state index >= 15 is 0 Å². The van der Waals surface area contributed by atoms with Gasteiger partial charge in [-0.25, -0.2) is 8.42 Å². The molecule has 1 unspecified atom stereocenters. The van der Waals surface area contributed by atoms with Crippen molar-refractivity contribution in [2.45, 2.75) is 56.9 Å². The first-order valence-electron chi connectivity index (χ1n) is 8.96. The van der Waals surface area contributed by atoms with Crippen LogP contribution in [0.4, 0.5) is 0 Å². The molecule has 1 amide bonds. The van der Waals surface area contributed by atoms with Gasteiger partial charge in [0.05, 0.1) is 13.2 Å². The number of amides is 1. The second-order valence-electron chi connectivity index (χ2n) is 6.65. The minimum atomic E-state index is -3.86. The summed E-state index contributed by atoms with van der Waals surface area (Å²) in [5.41, 5.74) is 2.17. The van der Waals surface area contributed by atoms with Gasteiger partial charge in [0.15, 0.2) is 0 Å². The van der Waals surface area contributed by atoms with Crippen molar-refractivity contribution in [2.24, 2.45) is 0 Å². The molecule has 0 saturated heterocycles. The predicted octanol–water partition coefficient (Wildman–Crippen LogP) is 2.68. The van der Waals surface area contributed by atoms with Gasteiger partial charge in [-0.3, -0.25) is 4.79 Å². The molecule has 26 heavy (non-hydrogen) atoms. The minimum Gasteiger partial charge on any atom is -0.495 e. The molecule has 2 rings (SSSR count). The number of nitrogens with one attached hydrogen (secondary N) is 2. The normalized spacial score (nSPS) is 15.9. The summed E-state index contributed by atoms with van der Waals surface area (Å²) in [6.45, 7) is 3.86. The summed E-state index contributed by atoms with van der Waals surface area (Å²) >= 11 is 0. The van der Waals surface area contributed by atoms with Gasteiger partial charge in [-0.15, -0.1) is 0 Å². The summed E-state index contributed by atoms with van der Waals surface area (Å²) < 4.78 is 32.8. The van der Waals surface area contributed by atoms with Gasteiger partial charge in [0, 0.05) is 6.54 Å². The van der Waals surface area contributed by atoms with Crippen LogP contribution < -0.4 is 14.8 Å². The van der Waals surface area contributed by atoms with Crippen LogP contribution in [0.2, 0.25) is 0 Å². The molecule has 0 radical (unpaired) electrons. The molecule has 6 nitrogen and oxygen atoms in total. The van der Waals surface area contributed by atoms with Crippen LogP contribution in [0.3, 0.4) is 0 Å². The molecule has 2 N–H and O–H groups in total. The number of carbonyl (C=O) groups excluding carboxylic acids is 1. The summed E-state index contributed by atoms with van der Waals surface area (Å²) in [6.07, 6.45) is 7.69. The standard InChI is InChI=1S/C19H28N2O4S/c1-14-9-10-17(25-3)18(13-14)26(23,24)21-15(2)19(22)20-12-11-16-7-5-4-6-8-16/h7,9-10,13,15,21H,4-6,8,11-12H2,1-3H3,(H,20,22). The molecule has 0 heterocycles. The number of methoxy groups -OCH3 is 1. The Morgan fingerprint density at radius 2 is 2.08 bits per heavy atom. The van der Waals surface area contributed by atoms with Crippen LogP contribution in [-0.4, -0.2) is 34.0 Å². The molecule has 0 aromatic heterocycles. The third-order valence-corrected chi connectivity index (χ3v) is 6.03. The highest BCUT2D eigenvalue weighted by atomic mass is 32.2. The second-order valence-corrected chi connectivity index (χ2v) is 8.33. The fourth-order valence-corrected chi connectivity index (χ4v) is 4.43. The lowest BCUT2D eigenvalue weighted by Crippen LogP contribution is -2.45. The van der Waals surface area contributed by atoms with Crippen LogP contribution in [0, 0.1) is 6.92 Å². The zero-order valence-electron chi connectivity index (χ0n) is 15.7. The highest BCUT2D eigenvalue weighted by Crippen LogP contribution is 2.24. The molecule has 1 aliphatic rings. The van der Waals surface area contributed by atoms with Crippen LogP contribution >= 0.6 is 0 Å². The second kappa shape index (κ2) is 9.19. The van der Waals surface area contributed by atoms with Gasteiger partial charge in [0.2, 0.25) is 15.9 Å². The number of hydrogen-bond acceptors (Lipinski definition) is 4. The fourth-order valence-electron chi connectivity index (χ4n) is 2.97. The molecule has 144 valence electrons. The number of rotatable bonds is 8. The molecule has 1 atom stereocenters. The fraction of sp³-hybridized carbons (Fsp3) is 0.526. The zero-order valence-corrected chi connectivity index (χ0v) is 16.5. The van der Waals surface area contributed by atoms with Crippen molar-refractivity contribution >= 4 is 15.9 Å². The van der Waals surface area contributed by atoms with E-state index in [9.17, 15) is 13.2 Å². The van der Waals surface area contributed by atoms with Crippen LogP contribution in [-0.2, 0) is 14.8 Å². The van der Waals surface area contributed by atoms with E-state index in [1.54, 1.807) is 19.1 Å². The first-order chi connectivity index (χ1) is 12.3. The Labute approximate surface area is 156 Å². The predicted molar refractivity (Wildman–Crippen MR) is 102 cm³/mol. The van der Waals surface area contributed by atoms with Crippen LogP contribution in [0.15, 0.2) is 34.7 Å². The van der Waals surface area contributed by atoms with Crippen molar-refractivity contribution < 1.29 is 17.9 Å². The Kier molecular flexibility index (Phi) is 7.23. The van der Waals surface area contributed by atoms with Crippen molar-refractivity contribution in [3.63, 3.8) is 0 Å². The molecule has 0 saturated carbocycles. The summed E-state index contributed by atoms with van der Waals surface area (Å²) in [4.78, 5) is 12.3. The van der Waals surface area contributed by atoms with E-state index in [4.69, 9.17) is 4.74 Å². The van der Waals surface area contributed by atoms with Crippen LogP contribution in [0.5, 0.6) is 5.75 Å². The molecule has 0 bridgehead atoms. The maximum absolute atomic E-state index is 12.6. The summed E-state index contributed by atoms with van der Waals surface area (Å²) in [7, 11) is -2.45. The SMILES string of the molecule is COc1ccc(C)cc1S(=O)(=O)NC(C)C(=O)NCCC1=CCCCC1. The third-order valence-electron chi connectivity index (χ3n) is 4.46. The lowest BCUT2D eigenvalue weighted by atomic mass is 9.97. The van der Waals surface area contributed by atoms with Crippen molar-refractivity contribution in [3.8, 4) is 5.75 Å². The number of allylic oxidation sites excluding steroid dienone is 1. The molecular formula is C19H28N2O4S. The number of carbonyl (C=O) groups is 1. The van der Waals surface area contributed by atoms with E-state index in [0.717, 1.165) is 24.8 Å². The van der Waals surface area contributed by atoms with E-state index in [-0.39, 0.29) is 16.6 Å². The number of aryl methyl sites for hydroxylation is 1. The topological polar surface area (TPSA) is 84.5 Å². The van der Waals surface area contributed by atoms with E-state index in [1.165, 1.54) is 38.5 Å². The Hall–Kier alpha value is -1.86. The number of benzene rings is 1. The molecular weight excluding hydrogens is 352 g/mol.